The highest BCUT2D eigenvalue weighted by atomic mass is 32.1. The van der Waals surface area contributed by atoms with Crippen LogP contribution in [0.2, 0.25) is 0 Å². The van der Waals surface area contributed by atoms with E-state index in [1.807, 2.05) is 22.8 Å². The van der Waals surface area contributed by atoms with E-state index < -0.39 is 12.2 Å². The van der Waals surface area contributed by atoms with Crippen LogP contribution in [0.15, 0.2) is 48.7 Å². The maximum Gasteiger partial charge on any atom is 0.154 e. The summed E-state index contributed by atoms with van der Waals surface area (Å²) in [4.78, 5) is 5.64. The Bertz CT molecular complexity index is 1110. The molecule has 0 spiro atoms. The number of unbranched alkanes of at least 4 members (excludes halogenated alkanes) is 2. The monoisotopic (exact) mass is 453 g/mol. The van der Waals surface area contributed by atoms with E-state index in [2.05, 4.69) is 40.6 Å². The summed E-state index contributed by atoms with van der Waals surface area (Å²) in [5, 5.41) is 29.4. The van der Waals surface area contributed by atoms with Gasteiger partial charge in [0.15, 0.2) is 5.65 Å². The van der Waals surface area contributed by atoms with Crippen molar-refractivity contribution in [1.29, 1.82) is 0 Å². The molecule has 0 aliphatic carbocycles. The van der Waals surface area contributed by atoms with E-state index in [-0.39, 0.29) is 0 Å². The number of fused-ring (bicyclic) bond motifs is 2. The summed E-state index contributed by atoms with van der Waals surface area (Å²) in [6.45, 7) is 1.38. The topological polar surface area (TPSA) is 109 Å². The minimum absolute atomic E-state index is 0.593. The Balaban J connectivity index is 1.31. The molecule has 3 aromatic heterocycles. The number of thiophene rings is 1. The number of imidazole rings is 1. The fourth-order valence-electron chi connectivity index (χ4n) is 3.82. The Morgan fingerprint density at radius 3 is 2.56 bits per heavy atom. The number of aromatic nitrogens is 3. The Kier molecular flexibility index (Phi) is 7.70. The number of hydrogen-bond donors (Lipinski definition) is 4. The molecule has 32 heavy (non-hydrogen) atoms. The van der Waals surface area contributed by atoms with E-state index in [9.17, 15) is 10.2 Å². The lowest BCUT2D eigenvalue weighted by atomic mass is 10.0. The molecule has 0 saturated carbocycles. The number of aliphatic hydroxyl groups excluding tert-OH is 2. The minimum Gasteiger partial charge on any atom is -0.390 e. The predicted octanol–water partition coefficient (Wildman–Crippen LogP) is 4.04. The van der Waals surface area contributed by atoms with E-state index in [1.54, 1.807) is 11.3 Å². The predicted molar refractivity (Wildman–Crippen MR) is 131 cm³/mol. The van der Waals surface area contributed by atoms with E-state index in [0.717, 1.165) is 54.3 Å². The second-order valence-electron chi connectivity index (χ2n) is 8.12. The third-order valence-electron chi connectivity index (χ3n) is 5.67. The number of rotatable bonds is 12. The Morgan fingerprint density at radius 1 is 1.00 bits per heavy atom. The first kappa shape index (κ1) is 22.7. The van der Waals surface area contributed by atoms with Gasteiger partial charge in [0.05, 0.1) is 23.3 Å². The summed E-state index contributed by atoms with van der Waals surface area (Å²) < 4.78 is 3.13. The van der Waals surface area contributed by atoms with Gasteiger partial charge >= 0.3 is 0 Å². The fraction of sp³-hybridized carbons (Fsp3) is 0.417. The van der Waals surface area contributed by atoms with Gasteiger partial charge < -0.3 is 21.3 Å². The molecular weight excluding hydrogens is 422 g/mol. The largest absolute Gasteiger partial charge is 0.390 e. The van der Waals surface area contributed by atoms with Crippen LogP contribution in [0.3, 0.4) is 0 Å². The minimum atomic E-state index is -0.669. The highest BCUT2D eigenvalue weighted by Crippen LogP contribution is 2.33. The first-order valence-electron chi connectivity index (χ1n) is 11.3. The maximum atomic E-state index is 10.1. The van der Waals surface area contributed by atoms with E-state index in [0.29, 0.717) is 19.4 Å². The zero-order chi connectivity index (χ0) is 22.3. The molecule has 8 heteroatoms. The van der Waals surface area contributed by atoms with Crippen molar-refractivity contribution >= 4 is 32.9 Å². The first-order valence-corrected chi connectivity index (χ1v) is 12.1. The summed E-state index contributed by atoms with van der Waals surface area (Å²) in [6.07, 6.45) is 5.20. The SMILES string of the molecule is NCCCCC(O)C(O)CCCCNc1ccc2ncc(-c3cc4ccccc4s3)n2n1. The Labute approximate surface area is 191 Å². The first-order chi connectivity index (χ1) is 15.7. The molecule has 1 aromatic carbocycles. The molecule has 2 unspecified atom stereocenters. The number of anilines is 1. The van der Waals surface area contributed by atoms with E-state index >= 15 is 0 Å². The van der Waals surface area contributed by atoms with Crippen molar-refractivity contribution in [2.75, 3.05) is 18.4 Å². The average molecular weight is 454 g/mol. The van der Waals surface area contributed by atoms with Crippen molar-refractivity contribution in [1.82, 2.24) is 14.6 Å². The van der Waals surface area contributed by atoms with E-state index in [1.165, 1.54) is 10.1 Å². The van der Waals surface area contributed by atoms with Crippen molar-refractivity contribution in [2.24, 2.45) is 5.73 Å². The van der Waals surface area contributed by atoms with Crippen LogP contribution >= 0.6 is 11.3 Å². The number of aliphatic hydroxyl groups is 2. The lowest BCUT2D eigenvalue weighted by Crippen LogP contribution is -2.26. The Morgan fingerprint density at radius 2 is 1.78 bits per heavy atom. The van der Waals surface area contributed by atoms with Gasteiger partial charge in [0, 0.05) is 11.2 Å². The number of hydrogen-bond acceptors (Lipinski definition) is 7. The third-order valence-corrected chi connectivity index (χ3v) is 6.81. The molecule has 2 atom stereocenters. The fourth-order valence-corrected chi connectivity index (χ4v) is 4.88. The van der Waals surface area contributed by atoms with Crippen molar-refractivity contribution in [3.05, 3.63) is 48.7 Å². The zero-order valence-corrected chi connectivity index (χ0v) is 19.0. The van der Waals surface area contributed by atoms with Crippen LogP contribution in [-0.4, -0.2) is 50.1 Å². The molecule has 0 aliphatic rings. The van der Waals surface area contributed by atoms with Gasteiger partial charge in [0.2, 0.25) is 0 Å². The summed E-state index contributed by atoms with van der Waals surface area (Å²) in [5.74, 6) is 0.792. The molecule has 0 fully saturated rings. The lowest BCUT2D eigenvalue weighted by molar-refractivity contribution is 0.00751. The van der Waals surface area contributed by atoms with Gasteiger partial charge in [-0.3, -0.25) is 0 Å². The van der Waals surface area contributed by atoms with Gasteiger partial charge in [-0.15, -0.1) is 16.4 Å². The van der Waals surface area contributed by atoms with Crippen LogP contribution in [0.4, 0.5) is 5.82 Å². The molecular formula is C24H31N5O2S. The molecule has 0 amide bonds. The molecule has 0 bridgehead atoms. The molecule has 0 radical (unpaired) electrons. The van der Waals surface area contributed by atoms with Gasteiger partial charge in [-0.1, -0.05) is 18.2 Å². The van der Waals surface area contributed by atoms with Gasteiger partial charge in [0.25, 0.3) is 0 Å². The highest BCUT2D eigenvalue weighted by Gasteiger charge is 2.15. The average Bonchev–Trinajstić information content (AvgIpc) is 3.42. The van der Waals surface area contributed by atoms with Crippen LogP contribution in [0, 0.1) is 0 Å². The number of nitrogens with one attached hydrogen (secondary N) is 1. The van der Waals surface area contributed by atoms with Crippen molar-refractivity contribution < 1.29 is 10.2 Å². The molecule has 4 rings (SSSR count). The van der Waals surface area contributed by atoms with Gasteiger partial charge in [-0.05, 0) is 74.7 Å². The van der Waals surface area contributed by atoms with E-state index in [4.69, 9.17) is 10.8 Å². The second-order valence-corrected chi connectivity index (χ2v) is 9.21. The van der Waals surface area contributed by atoms with Gasteiger partial charge in [-0.2, -0.15) is 0 Å². The van der Waals surface area contributed by atoms with Crippen molar-refractivity contribution in [2.45, 2.75) is 50.7 Å². The normalized spacial score (nSPS) is 13.6. The number of nitrogens with two attached hydrogens (primary N) is 1. The van der Waals surface area contributed by atoms with Crippen LogP contribution in [-0.2, 0) is 0 Å². The van der Waals surface area contributed by atoms with Crippen LogP contribution in [0.1, 0.15) is 38.5 Å². The Hall–Kier alpha value is -2.52. The van der Waals surface area contributed by atoms with Crippen LogP contribution in [0.25, 0.3) is 26.3 Å². The van der Waals surface area contributed by atoms with Crippen LogP contribution in [0.5, 0.6) is 0 Å². The molecule has 0 aliphatic heterocycles. The molecule has 170 valence electrons. The summed E-state index contributed by atoms with van der Waals surface area (Å²) >= 11 is 1.74. The maximum absolute atomic E-state index is 10.1. The molecule has 7 nitrogen and oxygen atoms in total. The second kappa shape index (κ2) is 10.9. The zero-order valence-electron chi connectivity index (χ0n) is 18.2. The van der Waals surface area contributed by atoms with Gasteiger partial charge in [-0.25, -0.2) is 9.50 Å². The summed E-state index contributed by atoms with van der Waals surface area (Å²) in [6, 6.07) is 14.4. The number of benzene rings is 1. The molecule has 3 heterocycles. The molecule has 0 saturated heterocycles. The third kappa shape index (κ3) is 5.45. The number of nitrogens with zero attached hydrogens (tertiary/aromatic N) is 3. The smallest absolute Gasteiger partial charge is 0.154 e. The summed E-state index contributed by atoms with van der Waals surface area (Å²) in [7, 11) is 0. The van der Waals surface area contributed by atoms with Crippen molar-refractivity contribution in [3.63, 3.8) is 0 Å². The summed E-state index contributed by atoms with van der Waals surface area (Å²) in [5.41, 5.74) is 7.27. The molecule has 4 aromatic rings. The molecule has 5 N–H and O–H groups in total. The van der Waals surface area contributed by atoms with Crippen LogP contribution < -0.4 is 11.1 Å². The standard InChI is InChI=1S/C24H31N5O2S/c25-13-5-3-8-19(30)20(31)9-4-6-14-26-23-11-12-24-27-16-18(29(24)28-23)22-15-17-7-1-2-10-21(17)32-22/h1-2,7,10-12,15-16,19-20,30-31H,3-6,8-9,13-14,25H2,(H,26,28). The quantitative estimate of drug-likeness (QED) is 0.241. The van der Waals surface area contributed by atoms with Gasteiger partial charge in [0.1, 0.15) is 11.5 Å². The highest BCUT2D eigenvalue weighted by molar-refractivity contribution is 7.22. The van der Waals surface area contributed by atoms with Crippen molar-refractivity contribution in [3.8, 4) is 10.6 Å². The lowest BCUT2D eigenvalue weighted by Gasteiger charge is -2.17.